The van der Waals surface area contributed by atoms with E-state index in [1.54, 1.807) is 24.7 Å². The van der Waals surface area contributed by atoms with Gasteiger partial charge in [0.1, 0.15) is 5.82 Å². The maximum Gasteiger partial charge on any atom is 0.147 e. The molecule has 1 aromatic carbocycles. The van der Waals surface area contributed by atoms with Gasteiger partial charge in [-0.1, -0.05) is 11.6 Å². The van der Waals surface area contributed by atoms with E-state index in [0.29, 0.717) is 17.3 Å². The summed E-state index contributed by atoms with van der Waals surface area (Å²) >= 11 is 5.77. The van der Waals surface area contributed by atoms with Gasteiger partial charge < -0.3 is 9.88 Å². The predicted octanol–water partition coefficient (Wildman–Crippen LogP) is 3.62. The molecule has 1 aromatic heterocycles. The van der Waals surface area contributed by atoms with Gasteiger partial charge in [0.05, 0.1) is 24.3 Å². The van der Waals surface area contributed by atoms with Gasteiger partial charge >= 0.3 is 0 Å². The minimum Gasteiger partial charge on any atom is -0.361 e. The summed E-state index contributed by atoms with van der Waals surface area (Å²) in [6.07, 6.45) is 3.36. The molecule has 2 aromatic rings. The molecule has 0 bridgehead atoms. The van der Waals surface area contributed by atoms with E-state index < -0.39 is 0 Å². The van der Waals surface area contributed by atoms with Gasteiger partial charge in [-0.3, -0.25) is 0 Å². The third-order valence-corrected chi connectivity index (χ3v) is 2.97. The first-order valence-corrected chi connectivity index (χ1v) is 6.14. The molecule has 0 fully saturated rings. The number of aromatic nitrogens is 2. The molecular formula is C13H15ClFN3. The van der Waals surface area contributed by atoms with Crippen LogP contribution in [0.15, 0.2) is 30.7 Å². The Balaban J connectivity index is 2.29. The van der Waals surface area contributed by atoms with Crippen LogP contribution in [0.5, 0.6) is 0 Å². The molecule has 0 spiro atoms. The standard InChI is InChI=1S/C13H15ClFN3/c1-9(2)18(7-11-6-16-8-17-11)13-4-3-10(14)5-12(13)15/h3-6,8-9H,7H2,1-2H3,(H,16,17). The van der Waals surface area contributed by atoms with E-state index in [2.05, 4.69) is 9.97 Å². The summed E-state index contributed by atoms with van der Waals surface area (Å²) in [5.74, 6) is -0.310. The summed E-state index contributed by atoms with van der Waals surface area (Å²) < 4.78 is 13.9. The molecule has 1 heterocycles. The second-order valence-electron chi connectivity index (χ2n) is 4.39. The SMILES string of the molecule is CC(C)N(Cc1cnc[nH]1)c1ccc(Cl)cc1F. The monoisotopic (exact) mass is 267 g/mol. The van der Waals surface area contributed by atoms with Crippen molar-refractivity contribution in [3.8, 4) is 0 Å². The van der Waals surface area contributed by atoms with Crippen LogP contribution >= 0.6 is 11.6 Å². The summed E-state index contributed by atoms with van der Waals surface area (Å²) in [6, 6.07) is 4.90. The first-order valence-electron chi connectivity index (χ1n) is 5.77. The number of hydrogen-bond acceptors (Lipinski definition) is 2. The van der Waals surface area contributed by atoms with Crippen LogP contribution in [0, 0.1) is 5.82 Å². The average molecular weight is 268 g/mol. The van der Waals surface area contributed by atoms with Crippen molar-refractivity contribution < 1.29 is 4.39 Å². The molecule has 0 radical (unpaired) electrons. The minimum absolute atomic E-state index is 0.170. The van der Waals surface area contributed by atoms with E-state index >= 15 is 0 Å². The number of imidazole rings is 1. The Kier molecular flexibility index (Phi) is 3.87. The molecule has 0 aliphatic heterocycles. The maximum absolute atomic E-state index is 13.9. The highest BCUT2D eigenvalue weighted by atomic mass is 35.5. The summed E-state index contributed by atoms with van der Waals surface area (Å²) in [5.41, 5.74) is 1.49. The van der Waals surface area contributed by atoms with Gasteiger partial charge in [0.25, 0.3) is 0 Å². The zero-order valence-corrected chi connectivity index (χ0v) is 11.1. The van der Waals surface area contributed by atoms with Crippen molar-refractivity contribution in [1.29, 1.82) is 0 Å². The van der Waals surface area contributed by atoms with Gasteiger partial charge in [0.15, 0.2) is 0 Å². The molecule has 3 nitrogen and oxygen atoms in total. The predicted molar refractivity (Wildman–Crippen MR) is 71.3 cm³/mol. The largest absolute Gasteiger partial charge is 0.361 e. The molecule has 0 unspecified atom stereocenters. The Morgan fingerprint density at radius 2 is 2.22 bits per heavy atom. The molecule has 18 heavy (non-hydrogen) atoms. The van der Waals surface area contributed by atoms with Gasteiger partial charge in [0.2, 0.25) is 0 Å². The van der Waals surface area contributed by atoms with Gasteiger partial charge in [-0.05, 0) is 32.0 Å². The summed E-state index contributed by atoms with van der Waals surface area (Å²) in [5, 5.41) is 0.404. The van der Waals surface area contributed by atoms with Crippen molar-refractivity contribution in [3.05, 3.63) is 47.3 Å². The van der Waals surface area contributed by atoms with Crippen LogP contribution < -0.4 is 4.90 Å². The Labute approximate surface area is 111 Å². The molecular weight excluding hydrogens is 253 g/mol. The number of aromatic amines is 1. The van der Waals surface area contributed by atoms with E-state index in [0.717, 1.165) is 5.69 Å². The van der Waals surface area contributed by atoms with E-state index in [1.807, 2.05) is 18.7 Å². The average Bonchev–Trinajstić information content (AvgIpc) is 2.79. The van der Waals surface area contributed by atoms with Gasteiger partial charge in [-0.25, -0.2) is 9.37 Å². The fraction of sp³-hybridized carbons (Fsp3) is 0.308. The molecule has 0 aliphatic rings. The fourth-order valence-electron chi connectivity index (χ4n) is 1.81. The van der Waals surface area contributed by atoms with Crippen LogP contribution in [0.3, 0.4) is 0 Å². The first-order chi connectivity index (χ1) is 8.58. The van der Waals surface area contributed by atoms with Crippen molar-refractivity contribution in [1.82, 2.24) is 9.97 Å². The Morgan fingerprint density at radius 3 is 2.78 bits per heavy atom. The molecule has 2 rings (SSSR count). The van der Waals surface area contributed by atoms with Gasteiger partial charge in [-0.15, -0.1) is 0 Å². The third kappa shape index (κ3) is 2.82. The van der Waals surface area contributed by atoms with E-state index in [-0.39, 0.29) is 11.9 Å². The lowest BCUT2D eigenvalue weighted by Gasteiger charge is -2.28. The zero-order valence-electron chi connectivity index (χ0n) is 10.3. The van der Waals surface area contributed by atoms with E-state index in [1.165, 1.54) is 6.07 Å². The van der Waals surface area contributed by atoms with Crippen LogP contribution in [0.25, 0.3) is 0 Å². The second-order valence-corrected chi connectivity index (χ2v) is 4.83. The van der Waals surface area contributed by atoms with Crippen molar-refractivity contribution in [3.63, 3.8) is 0 Å². The molecule has 0 saturated carbocycles. The summed E-state index contributed by atoms with van der Waals surface area (Å²) in [4.78, 5) is 8.95. The molecule has 5 heteroatoms. The molecule has 96 valence electrons. The Hall–Kier alpha value is -1.55. The van der Waals surface area contributed by atoms with Crippen molar-refractivity contribution >= 4 is 17.3 Å². The fourth-order valence-corrected chi connectivity index (χ4v) is 1.97. The lowest BCUT2D eigenvalue weighted by atomic mass is 10.2. The maximum atomic E-state index is 13.9. The van der Waals surface area contributed by atoms with Crippen LogP contribution in [0.1, 0.15) is 19.5 Å². The molecule has 0 atom stereocenters. The van der Waals surface area contributed by atoms with Crippen LogP contribution in [0.2, 0.25) is 5.02 Å². The molecule has 0 aliphatic carbocycles. The van der Waals surface area contributed by atoms with Crippen LogP contribution in [-0.2, 0) is 6.54 Å². The van der Waals surface area contributed by atoms with Crippen molar-refractivity contribution in [2.45, 2.75) is 26.4 Å². The lowest BCUT2D eigenvalue weighted by molar-refractivity contribution is 0.597. The number of halogens is 2. The molecule has 0 amide bonds. The highest BCUT2D eigenvalue weighted by Crippen LogP contribution is 2.25. The molecule has 0 saturated heterocycles. The number of nitrogens with one attached hydrogen (secondary N) is 1. The molecule has 1 N–H and O–H groups in total. The highest BCUT2D eigenvalue weighted by molar-refractivity contribution is 6.30. The Morgan fingerprint density at radius 1 is 1.44 bits per heavy atom. The van der Waals surface area contributed by atoms with Gasteiger partial charge in [-0.2, -0.15) is 0 Å². The number of H-pyrrole nitrogens is 1. The smallest absolute Gasteiger partial charge is 0.147 e. The normalized spacial score (nSPS) is 10.9. The second kappa shape index (κ2) is 5.40. The lowest BCUT2D eigenvalue weighted by Crippen LogP contribution is -2.31. The quantitative estimate of drug-likeness (QED) is 0.918. The van der Waals surface area contributed by atoms with Crippen molar-refractivity contribution in [2.24, 2.45) is 0 Å². The Bertz CT molecular complexity index is 511. The number of anilines is 1. The summed E-state index contributed by atoms with van der Waals surface area (Å²) in [6.45, 7) is 4.62. The van der Waals surface area contributed by atoms with Crippen molar-refractivity contribution in [2.75, 3.05) is 4.90 Å². The number of hydrogen-bond donors (Lipinski definition) is 1. The number of rotatable bonds is 4. The van der Waals surface area contributed by atoms with Gasteiger partial charge in [0, 0.05) is 17.3 Å². The zero-order chi connectivity index (χ0) is 13.1. The number of benzene rings is 1. The van der Waals surface area contributed by atoms with Crippen LogP contribution in [-0.4, -0.2) is 16.0 Å². The topological polar surface area (TPSA) is 31.9 Å². The third-order valence-electron chi connectivity index (χ3n) is 2.74. The van der Waals surface area contributed by atoms with E-state index in [4.69, 9.17) is 11.6 Å². The van der Waals surface area contributed by atoms with Crippen LogP contribution in [0.4, 0.5) is 10.1 Å². The number of nitrogens with zero attached hydrogens (tertiary/aromatic N) is 2. The highest BCUT2D eigenvalue weighted by Gasteiger charge is 2.16. The first kappa shape index (κ1) is 12.9. The van der Waals surface area contributed by atoms with E-state index in [9.17, 15) is 4.39 Å². The minimum atomic E-state index is -0.310. The summed E-state index contributed by atoms with van der Waals surface area (Å²) in [7, 11) is 0.